The monoisotopic (exact) mass is 346 g/mol. The van der Waals surface area contributed by atoms with E-state index in [-0.39, 0.29) is 30.7 Å². The molecule has 2 N–H and O–H groups in total. The van der Waals surface area contributed by atoms with Gasteiger partial charge in [0.2, 0.25) is 11.8 Å². The van der Waals surface area contributed by atoms with Crippen molar-refractivity contribution in [3.63, 3.8) is 0 Å². The van der Waals surface area contributed by atoms with Crippen LogP contribution in [-0.2, 0) is 14.4 Å². The summed E-state index contributed by atoms with van der Waals surface area (Å²) in [7, 11) is 1.53. The normalized spacial score (nSPS) is 21.1. The highest BCUT2D eigenvalue weighted by molar-refractivity contribution is 6.01. The molecule has 134 valence electrons. The summed E-state index contributed by atoms with van der Waals surface area (Å²) in [5.74, 6) is -1.53. The van der Waals surface area contributed by atoms with E-state index in [1.54, 1.807) is 11.0 Å². The number of rotatable bonds is 6. The Hall–Kier alpha value is -2.57. The molecule has 2 unspecified atom stereocenters. The molecule has 1 aliphatic carbocycles. The number of methoxy groups -OCH3 is 1. The van der Waals surface area contributed by atoms with E-state index in [9.17, 15) is 19.5 Å². The van der Waals surface area contributed by atoms with Crippen molar-refractivity contribution in [2.45, 2.75) is 32.2 Å². The molecule has 1 saturated carbocycles. The van der Waals surface area contributed by atoms with E-state index in [4.69, 9.17) is 4.74 Å². The number of carboxylic acid groups (broad SMARTS) is 1. The van der Waals surface area contributed by atoms with Crippen LogP contribution in [0.3, 0.4) is 0 Å². The van der Waals surface area contributed by atoms with Crippen LogP contribution >= 0.6 is 0 Å². The van der Waals surface area contributed by atoms with Crippen LogP contribution < -0.4 is 15.0 Å². The molecule has 0 radical (unpaired) electrons. The molecule has 1 aromatic rings. The molecule has 2 atom stereocenters. The number of ether oxygens (including phenoxy) is 1. The van der Waals surface area contributed by atoms with Gasteiger partial charge in [-0.2, -0.15) is 0 Å². The van der Waals surface area contributed by atoms with Gasteiger partial charge in [0.25, 0.3) is 0 Å². The summed E-state index contributed by atoms with van der Waals surface area (Å²) in [6, 6.07) is 4.67. The number of carbonyl (C=O) groups excluding carboxylic acids is 2. The molecule has 2 fully saturated rings. The second kappa shape index (κ2) is 6.74. The summed E-state index contributed by atoms with van der Waals surface area (Å²) < 4.78 is 5.32. The Bertz CT molecular complexity index is 713. The van der Waals surface area contributed by atoms with Gasteiger partial charge in [0, 0.05) is 13.0 Å². The average molecular weight is 346 g/mol. The minimum atomic E-state index is -1.02. The molecule has 1 aromatic carbocycles. The molecule has 2 aliphatic rings. The largest absolute Gasteiger partial charge is 0.495 e. The number of carbonyl (C=O) groups is 3. The van der Waals surface area contributed by atoms with Crippen LogP contribution in [-0.4, -0.2) is 42.6 Å². The second-order valence-electron chi connectivity index (χ2n) is 6.74. The molecule has 7 nitrogen and oxygen atoms in total. The van der Waals surface area contributed by atoms with Crippen LogP contribution in [0.25, 0.3) is 0 Å². The van der Waals surface area contributed by atoms with Gasteiger partial charge >= 0.3 is 5.97 Å². The fourth-order valence-corrected chi connectivity index (χ4v) is 3.21. The number of hydrogen-bond acceptors (Lipinski definition) is 4. The first-order chi connectivity index (χ1) is 11.9. The van der Waals surface area contributed by atoms with Gasteiger partial charge in [0.05, 0.1) is 18.7 Å². The van der Waals surface area contributed by atoms with Gasteiger partial charge in [-0.25, -0.2) is 4.79 Å². The summed E-state index contributed by atoms with van der Waals surface area (Å²) in [5, 5.41) is 11.9. The number of aliphatic carboxylic acids is 1. The standard InChI is InChI=1S/C18H22N2O5/c1-10-3-6-14(25-2)13(7-10)20-9-12(8-15(20)21)17(22)19-16(18(23)24)11-4-5-11/h3,6-7,11-12,16H,4-5,8-9H2,1-2H3,(H,19,22)(H,23,24). The lowest BCUT2D eigenvalue weighted by molar-refractivity contribution is -0.143. The molecule has 2 amide bonds. The van der Waals surface area contributed by atoms with Crippen molar-refractivity contribution in [2.24, 2.45) is 11.8 Å². The SMILES string of the molecule is COc1ccc(C)cc1N1CC(C(=O)NC(C(=O)O)C2CC2)CC1=O. The van der Waals surface area contributed by atoms with Gasteiger partial charge in [-0.3, -0.25) is 9.59 Å². The average Bonchev–Trinajstić information content (AvgIpc) is 3.33. The number of nitrogens with one attached hydrogen (secondary N) is 1. The Morgan fingerprint density at radius 3 is 2.68 bits per heavy atom. The smallest absolute Gasteiger partial charge is 0.326 e. The minimum Gasteiger partial charge on any atom is -0.495 e. The van der Waals surface area contributed by atoms with Crippen molar-refractivity contribution < 1.29 is 24.2 Å². The zero-order chi connectivity index (χ0) is 18.1. The second-order valence-corrected chi connectivity index (χ2v) is 6.74. The van der Waals surface area contributed by atoms with Crippen LogP contribution in [0.5, 0.6) is 5.75 Å². The number of anilines is 1. The van der Waals surface area contributed by atoms with E-state index in [1.165, 1.54) is 7.11 Å². The zero-order valence-corrected chi connectivity index (χ0v) is 14.3. The fourth-order valence-electron chi connectivity index (χ4n) is 3.21. The predicted molar refractivity (Wildman–Crippen MR) is 90.5 cm³/mol. The van der Waals surface area contributed by atoms with E-state index in [1.807, 2.05) is 19.1 Å². The van der Waals surface area contributed by atoms with Gasteiger partial charge in [-0.15, -0.1) is 0 Å². The third kappa shape index (κ3) is 3.60. The lowest BCUT2D eigenvalue weighted by Crippen LogP contribution is -2.45. The molecule has 3 rings (SSSR count). The summed E-state index contributed by atoms with van der Waals surface area (Å²) in [6.45, 7) is 2.14. The van der Waals surface area contributed by atoms with Crippen molar-refractivity contribution in [3.8, 4) is 5.75 Å². The number of nitrogens with zero attached hydrogens (tertiary/aromatic N) is 1. The Morgan fingerprint density at radius 1 is 1.36 bits per heavy atom. The number of carboxylic acids is 1. The van der Waals surface area contributed by atoms with Crippen LogP contribution in [0.1, 0.15) is 24.8 Å². The van der Waals surface area contributed by atoms with E-state index in [0.717, 1.165) is 18.4 Å². The Morgan fingerprint density at radius 2 is 2.08 bits per heavy atom. The Balaban J connectivity index is 1.73. The van der Waals surface area contributed by atoms with Crippen molar-refractivity contribution in [1.82, 2.24) is 5.32 Å². The third-order valence-corrected chi connectivity index (χ3v) is 4.78. The van der Waals surface area contributed by atoms with E-state index >= 15 is 0 Å². The summed E-state index contributed by atoms with van der Waals surface area (Å²) in [6.07, 6.45) is 1.70. The van der Waals surface area contributed by atoms with E-state index < -0.39 is 17.9 Å². The van der Waals surface area contributed by atoms with Gasteiger partial charge in [0.1, 0.15) is 11.8 Å². The van der Waals surface area contributed by atoms with Crippen molar-refractivity contribution in [3.05, 3.63) is 23.8 Å². The number of aryl methyl sites for hydroxylation is 1. The van der Waals surface area contributed by atoms with Gasteiger partial charge in [0.15, 0.2) is 0 Å². The molecule has 1 heterocycles. The van der Waals surface area contributed by atoms with Crippen molar-refractivity contribution in [2.75, 3.05) is 18.6 Å². The van der Waals surface area contributed by atoms with Gasteiger partial charge in [-0.1, -0.05) is 6.07 Å². The summed E-state index contributed by atoms with van der Waals surface area (Å²) in [4.78, 5) is 37.7. The number of amides is 2. The zero-order valence-electron chi connectivity index (χ0n) is 14.3. The Labute approximate surface area is 146 Å². The molecule has 25 heavy (non-hydrogen) atoms. The van der Waals surface area contributed by atoms with Crippen LogP contribution in [0, 0.1) is 18.8 Å². The maximum atomic E-state index is 12.5. The van der Waals surface area contributed by atoms with Crippen molar-refractivity contribution in [1.29, 1.82) is 0 Å². The van der Waals surface area contributed by atoms with Crippen molar-refractivity contribution >= 4 is 23.5 Å². The quantitative estimate of drug-likeness (QED) is 0.810. The first-order valence-electron chi connectivity index (χ1n) is 8.39. The highest BCUT2D eigenvalue weighted by Gasteiger charge is 2.41. The molecule has 1 aliphatic heterocycles. The molecule has 0 aromatic heterocycles. The topological polar surface area (TPSA) is 95.9 Å². The maximum absolute atomic E-state index is 12.5. The van der Waals surface area contributed by atoms with Crippen LogP contribution in [0.2, 0.25) is 0 Å². The molecular formula is C18H22N2O5. The molecular weight excluding hydrogens is 324 g/mol. The lowest BCUT2D eigenvalue weighted by atomic mass is 10.1. The Kier molecular flexibility index (Phi) is 4.65. The molecule has 1 saturated heterocycles. The van der Waals surface area contributed by atoms with Gasteiger partial charge < -0.3 is 20.1 Å². The lowest BCUT2D eigenvalue weighted by Gasteiger charge is -2.21. The number of benzene rings is 1. The van der Waals surface area contributed by atoms with E-state index in [2.05, 4.69) is 5.32 Å². The molecule has 7 heteroatoms. The molecule has 0 spiro atoms. The minimum absolute atomic E-state index is 0.00604. The molecule has 0 bridgehead atoms. The van der Waals surface area contributed by atoms with Crippen LogP contribution in [0.4, 0.5) is 5.69 Å². The summed E-state index contributed by atoms with van der Waals surface area (Å²) >= 11 is 0. The predicted octanol–water partition coefficient (Wildman–Crippen LogP) is 1.34. The summed E-state index contributed by atoms with van der Waals surface area (Å²) in [5.41, 5.74) is 1.62. The van der Waals surface area contributed by atoms with E-state index in [0.29, 0.717) is 11.4 Å². The fraction of sp³-hybridized carbons (Fsp3) is 0.500. The maximum Gasteiger partial charge on any atom is 0.326 e. The van der Waals surface area contributed by atoms with Gasteiger partial charge in [-0.05, 0) is 43.4 Å². The van der Waals surface area contributed by atoms with Crippen LogP contribution in [0.15, 0.2) is 18.2 Å². The highest BCUT2D eigenvalue weighted by atomic mass is 16.5. The first-order valence-corrected chi connectivity index (χ1v) is 8.39. The first kappa shape index (κ1) is 17.3. The highest BCUT2D eigenvalue weighted by Crippen LogP contribution is 2.35. The third-order valence-electron chi connectivity index (χ3n) is 4.78. The number of hydrogen-bond donors (Lipinski definition) is 2.